The van der Waals surface area contributed by atoms with Crippen molar-refractivity contribution in [1.82, 2.24) is 10.1 Å². The SMILES string of the molecule is O=C(CCC(=O)ON1C(=O)CCC1=O)OCCOC(=O)CCC(=O)ON1C(=O)CCC1O. The van der Waals surface area contributed by atoms with Crippen molar-refractivity contribution >= 4 is 41.6 Å². The van der Waals surface area contributed by atoms with Crippen molar-refractivity contribution in [3.8, 4) is 0 Å². The minimum atomic E-state index is -1.21. The van der Waals surface area contributed by atoms with Crippen LogP contribution in [0.3, 0.4) is 0 Å². The van der Waals surface area contributed by atoms with Gasteiger partial charge in [-0.1, -0.05) is 0 Å². The van der Waals surface area contributed by atoms with E-state index in [1.165, 1.54) is 0 Å². The predicted octanol–water partition coefficient (Wildman–Crippen LogP) is -1.36. The first kappa shape index (κ1) is 24.7. The first-order valence-electron chi connectivity index (χ1n) is 9.76. The number of carbonyl (C=O) groups excluding carboxylic acids is 7. The molecule has 1 N–H and O–H groups in total. The smallest absolute Gasteiger partial charge is 0.333 e. The molecule has 2 rings (SSSR count). The maximum atomic E-state index is 11.6. The summed E-state index contributed by atoms with van der Waals surface area (Å²) in [5.41, 5.74) is 0. The number of aliphatic hydroxyl groups excluding tert-OH is 1. The van der Waals surface area contributed by atoms with Gasteiger partial charge in [-0.05, 0) is 0 Å². The number of ether oxygens (including phenoxy) is 2. The molecule has 2 heterocycles. The first-order chi connectivity index (χ1) is 15.2. The van der Waals surface area contributed by atoms with Gasteiger partial charge in [0.25, 0.3) is 17.7 Å². The van der Waals surface area contributed by atoms with Crippen molar-refractivity contribution in [1.29, 1.82) is 0 Å². The molecule has 14 heteroatoms. The molecule has 0 saturated carbocycles. The second-order valence-corrected chi connectivity index (χ2v) is 6.69. The van der Waals surface area contributed by atoms with Gasteiger partial charge < -0.3 is 24.3 Å². The Bertz CT molecular complexity index is 779. The molecule has 14 nitrogen and oxygen atoms in total. The Kier molecular flexibility index (Phi) is 9.07. The highest BCUT2D eigenvalue weighted by molar-refractivity contribution is 6.01. The quantitative estimate of drug-likeness (QED) is 0.218. The molecule has 2 saturated heterocycles. The Balaban J connectivity index is 1.51. The number of esters is 2. The summed E-state index contributed by atoms with van der Waals surface area (Å²) < 4.78 is 9.52. The zero-order valence-corrected chi connectivity index (χ0v) is 17.0. The van der Waals surface area contributed by atoms with E-state index in [-0.39, 0.29) is 58.2 Å². The molecule has 0 bridgehead atoms. The monoisotopic (exact) mass is 458 g/mol. The Morgan fingerprint density at radius 1 is 0.719 bits per heavy atom. The number of amides is 3. The third-order valence-electron chi connectivity index (χ3n) is 4.21. The number of hydroxylamine groups is 4. The van der Waals surface area contributed by atoms with Crippen LogP contribution in [0.1, 0.15) is 51.4 Å². The maximum Gasteiger partial charge on any atom is 0.333 e. The summed E-state index contributed by atoms with van der Waals surface area (Å²) in [6.45, 7) is -0.605. The van der Waals surface area contributed by atoms with E-state index in [0.717, 1.165) is 0 Å². The molecular weight excluding hydrogens is 436 g/mol. The van der Waals surface area contributed by atoms with Crippen molar-refractivity contribution in [2.75, 3.05) is 13.2 Å². The first-order valence-corrected chi connectivity index (χ1v) is 9.76. The van der Waals surface area contributed by atoms with Gasteiger partial charge in [0.05, 0.1) is 25.7 Å². The van der Waals surface area contributed by atoms with E-state index in [4.69, 9.17) is 9.47 Å². The maximum absolute atomic E-state index is 11.6. The van der Waals surface area contributed by atoms with E-state index in [1.54, 1.807) is 0 Å². The van der Waals surface area contributed by atoms with E-state index < -0.39 is 54.2 Å². The zero-order valence-electron chi connectivity index (χ0n) is 17.0. The van der Waals surface area contributed by atoms with Gasteiger partial charge in [0.15, 0.2) is 6.23 Å². The summed E-state index contributed by atoms with van der Waals surface area (Å²) in [6.07, 6.45) is -2.66. The number of imide groups is 1. The highest BCUT2D eigenvalue weighted by atomic mass is 16.7. The van der Waals surface area contributed by atoms with Crippen LogP contribution in [0.4, 0.5) is 0 Å². The highest BCUT2D eigenvalue weighted by Crippen LogP contribution is 2.17. The van der Waals surface area contributed by atoms with Crippen LogP contribution in [-0.2, 0) is 52.7 Å². The molecule has 2 fully saturated rings. The molecule has 0 aromatic carbocycles. The molecule has 0 aromatic heterocycles. The lowest BCUT2D eigenvalue weighted by Crippen LogP contribution is -2.35. The molecule has 0 aliphatic carbocycles. The Hall–Kier alpha value is -3.55. The third-order valence-corrected chi connectivity index (χ3v) is 4.21. The van der Waals surface area contributed by atoms with Crippen molar-refractivity contribution < 1.29 is 57.8 Å². The fourth-order valence-corrected chi connectivity index (χ4v) is 2.58. The van der Waals surface area contributed by atoms with Gasteiger partial charge in [-0.25, -0.2) is 9.59 Å². The number of nitrogens with zero attached hydrogens (tertiary/aromatic N) is 2. The predicted molar refractivity (Wildman–Crippen MR) is 95.7 cm³/mol. The Morgan fingerprint density at radius 3 is 1.66 bits per heavy atom. The average molecular weight is 458 g/mol. The summed E-state index contributed by atoms with van der Waals surface area (Å²) in [5, 5.41) is 10.4. The minimum Gasteiger partial charge on any atom is -0.462 e. The molecule has 1 unspecified atom stereocenters. The number of carbonyl (C=O) groups is 7. The average Bonchev–Trinajstić information content (AvgIpc) is 3.24. The number of aliphatic hydroxyl groups is 1. The second-order valence-electron chi connectivity index (χ2n) is 6.69. The van der Waals surface area contributed by atoms with Crippen molar-refractivity contribution in [2.45, 2.75) is 57.6 Å². The fraction of sp³-hybridized carbons (Fsp3) is 0.611. The van der Waals surface area contributed by atoms with Crippen LogP contribution in [0.25, 0.3) is 0 Å². The van der Waals surface area contributed by atoms with E-state index in [1.807, 2.05) is 0 Å². The van der Waals surface area contributed by atoms with Gasteiger partial charge in [-0.15, -0.1) is 10.1 Å². The molecule has 0 radical (unpaired) electrons. The van der Waals surface area contributed by atoms with Crippen LogP contribution in [0, 0.1) is 0 Å². The normalized spacial score (nSPS) is 18.0. The molecular formula is C18H22N2O12. The molecule has 0 spiro atoms. The fourth-order valence-electron chi connectivity index (χ4n) is 2.58. The lowest BCUT2D eigenvalue weighted by atomic mass is 10.3. The second kappa shape index (κ2) is 11.7. The van der Waals surface area contributed by atoms with Gasteiger partial charge >= 0.3 is 23.9 Å². The van der Waals surface area contributed by atoms with E-state index in [0.29, 0.717) is 10.1 Å². The van der Waals surface area contributed by atoms with Crippen LogP contribution in [0.15, 0.2) is 0 Å². The molecule has 0 aromatic rings. The standard InChI is InChI=1S/C18H22N2O12/c21-11-1-2-12(22)19(11)31-17(27)7-5-15(25)29-9-10-30-16(26)6-8-18(28)32-20-13(23)3-4-14(20)24/h11,21H,1-10H2. The molecule has 3 amide bonds. The Labute approximate surface area is 181 Å². The van der Waals surface area contributed by atoms with Crippen LogP contribution >= 0.6 is 0 Å². The summed E-state index contributed by atoms with van der Waals surface area (Å²) in [5.74, 6) is -5.24. The van der Waals surface area contributed by atoms with Crippen LogP contribution in [0.2, 0.25) is 0 Å². The topological polar surface area (TPSA) is 183 Å². The summed E-state index contributed by atoms with van der Waals surface area (Å²) in [6, 6.07) is 0. The van der Waals surface area contributed by atoms with Crippen molar-refractivity contribution in [2.24, 2.45) is 0 Å². The summed E-state index contributed by atoms with van der Waals surface area (Å²) in [7, 11) is 0. The summed E-state index contributed by atoms with van der Waals surface area (Å²) in [4.78, 5) is 89.6. The van der Waals surface area contributed by atoms with Crippen LogP contribution in [0.5, 0.6) is 0 Å². The van der Waals surface area contributed by atoms with Gasteiger partial charge in [0, 0.05) is 25.7 Å². The van der Waals surface area contributed by atoms with E-state index >= 15 is 0 Å². The minimum absolute atomic E-state index is 0.0463. The van der Waals surface area contributed by atoms with E-state index in [9.17, 15) is 38.7 Å². The number of rotatable bonds is 11. The number of hydrogen-bond acceptors (Lipinski definition) is 12. The summed E-state index contributed by atoms with van der Waals surface area (Å²) >= 11 is 0. The lowest BCUT2D eigenvalue weighted by molar-refractivity contribution is -0.220. The molecule has 1 atom stereocenters. The molecule has 2 aliphatic heterocycles. The molecule has 176 valence electrons. The molecule has 32 heavy (non-hydrogen) atoms. The van der Waals surface area contributed by atoms with Crippen molar-refractivity contribution in [3.63, 3.8) is 0 Å². The largest absolute Gasteiger partial charge is 0.462 e. The highest BCUT2D eigenvalue weighted by Gasteiger charge is 2.33. The van der Waals surface area contributed by atoms with Gasteiger partial charge in [0.1, 0.15) is 13.2 Å². The van der Waals surface area contributed by atoms with Crippen LogP contribution in [-0.4, -0.2) is 76.3 Å². The lowest BCUT2D eigenvalue weighted by Gasteiger charge is -2.18. The van der Waals surface area contributed by atoms with Gasteiger partial charge in [-0.2, -0.15) is 0 Å². The Morgan fingerprint density at radius 2 is 1.19 bits per heavy atom. The van der Waals surface area contributed by atoms with E-state index in [2.05, 4.69) is 9.68 Å². The molecule has 2 aliphatic rings. The number of hydrogen-bond donors (Lipinski definition) is 1. The van der Waals surface area contributed by atoms with Gasteiger partial charge in [0.2, 0.25) is 0 Å². The zero-order chi connectivity index (χ0) is 23.7. The van der Waals surface area contributed by atoms with Gasteiger partial charge in [-0.3, -0.25) is 24.0 Å². The van der Waals surface area contributed by atoms with Crippen LogP contribution < -0.4 is 0 Å². The third kappa shape index (κ3) is 7.61. The van der Waals surface area contributed by atoms with Crippen molar-refractivity contribution in [3.05, 3.63) is 0 Å².